The lowest BCUT2D eigenvalue weighted by Crippen LogP contribution is -2.39. The third-order valence-corrected chi connectivity index (χ3v) is 5.78. The molecule has 7 heteroatoms. The van der Waals surface area contributed by atoms with Gasteiger partial charge in [-0.15, -0.1) is 0 Å². The van der Waals surface area contributed by atoms with Gasteiger partial charge in [-0.1, -0.05) is 31.2 Å². The van der Waals surface area contributed by atoms with E-state index in [0.29, 0.717) is 5.56 Å². The number of ether oxygens (including phenoxy) is 2. The van der Waals surface area contributed by atoms with E-state index in [0.717, 1.165) is 43.7 Å². The predicted molar refractivity (Wildman–Crippen MR) is 142 cm³/mol. The smallest absolute Gasteiger partial charge is 0.415 e. The SMILES string of the molecule is CCCN1CCCc2cccc(N(Cc3ccc(C=CC(=O)OCC)c(F)c3)C(=O)OC(C)(C)C)c21. The lowest BCUT2D eigenvalue weighted by Gasteiger charge is -2.36. The molecule has 0 spiro atoms. The number of hydrogen-bond donors (Lipinski definition) is 0. The number of anilines is 2. The largest absolute Gasteiger partial charge is 0.463 e. The lowest BCUT2D eigenvalue weighted by molar-refractivity contribution is -0.137. The van der Waals surface area contributed by atoms with Crippen molar-refractivity contribution in [3.63, 3.8) is 0 Å². The van der Waals surface area contributed by atoms with Gasteiger partial charge in [0.05, 0.1) is 24.5 Å². The standard InChI is InChI=1S/C29H37FN2O4/c1-6-17-31-18-9-11-23-10-8-12-25(27(23)31)32(28(34)36-29(3,4)5)20-21-13-14-22(24(30)19-21)15-16-26(33)35-7-2/h8,10,12-16,19H,6-7,9,11,17-18,20H2,1-5H3. The summed E-state index contributed by atoms with van der Waals surface area (Å²) < 4.78 is 25.5. The van der Waals surface area contributed by atoms with Gasteiger partial charge in [-0.05, 0) is 76.3 Å². The maximum absolute atomic E-state index is 14.9. The number of para-hydroxylation sites is 1. The number of esters is 1. The van der Waals surface area contributed by atoms with Crippen LogP contribution >= 0.6 is 0 Å². The number of carbonyl (C=O) groups excluding carboxylic acids is 2. The number of benzene rings is 2. The molecule has 2 aromatic rings. The molecule has 1 heterocycles. The summed E-state index contributed by atoms with van der Waals surface area (Å²) in [5.41, 5.74) is 3.21. The van der Waals surface area contributed by atoms with E-state index in [1.807, 2.05) is 32.9 Å². The first-order valence-electron chi connectivity index (χ1n) is 12.6. The molecule has 194 valence electrons. The first-order chi connectivity index (χ1) is 17.1. The number of rotatable bonds is 8. The summed E-state index contributed by atoms with van der Waals surface area (Å²) in [4.78, 5) is 28.9. The molecule has 3 rings (SSSR count). The zero-order valence-corrected chi connectivity index (χ0v) is 22.0. The van der Waals surface area contributed by atoms with E-state index in [1.165, 1.54) is 23.8 Å². The predicted octanol–water partition coefficient (Wildman–Crippen LogP) is 6.51. The molecule has 0 unspecified atom stereocenters. The van der Waals surface area contributed by atoms with E-state index in [1.54, 1.807) is 24.0 Å². The van der Waals surface area contributed by atoms with Crippen molar-refractivity contribution in [2.45, 2.75) is 66.0 Å². The topological polar surface area (TPSA) is 59.1 Å². The molecule has 0 atom stereocenters. The zero-order chi connectivity index (χ0) is 26.3. The molecular formula is C29H37FN2O4. The van der Waals surface area contributed by atoms with Gasteiger partial charge in [0.2, 0.25) is 0 Å². The normalized spacial score (nSPS) is 13.4. The molecule has 6 nitrogen and oxygen atoms in total. The van der Waals surface area contributed by atoms with Gasteiger partial charge in [0.1, 0.15) is 11.4 Å². The van der Waals surface area contributed by atoms with Crippen molar-refractivity contribution in [2.75, 3.05) is 29.5 Å². The Balaban J connectivity index is 1.97. The molecule has 0 bridgehead atoms. The maximum Gasteiger partial charge on any atom is 0.415 e. The minimum Gasteiger partial charge on any atom is -0.463 e. The average molecular weight is 497 g/mol. The minimum absolute atomic E-state index is 0.143. The number of halogens is 1. The summed E-state index contributed by atoms with van der Waals surface area (Å²) >= 11 is 0. The van der Waals surface area contributed by atoms with Crippen molar-refractivity contribution in [3.8, 4) is 0 Å². The Morgan fingerprint density at radius 3 is 2.61 bits per heavy atom. The fourth-order valence-electron chi connectivity index (χ4n) is 4.33. The fraction of sp³-hybridized carbons (Fsp3) is 0.448. The van der Waals surface area contributed by atoms with Gasteiger partial charge in [-0.3, -0.25) is 4.90 Å². The van der Waals surface area contributed by atoms with Crippen LogP contribution in [0.5, 0.6) is 0 Å². The number of carbonyl (C=O) groups is 2. The van der Waals surface area contributed by atoms with Gasteiger partial charge in [0, 0.05) is 24.7 Å². The van der Waals surface area contributed by atoms with E-state index < -0.39 is 23.5 Å². The van der Waals surface area contributed by atoms with E-state index in [2.05, 4.69) is 17.9 Å². The van der Waals surface area contributed by atoms with Crippen molar-refractivity contribution < 1.29 is 23.5 Å². The molecule has 0 saturated carbocycles. The Bertz CT molecular complexity index is 1110. The lowest BCUT2D eigenvalue weighted by atomic mass is 9.99. The number of hydrogen-bond acceptors (Lipinski definition) is 5. The third-order valence-electron chi connectivity index (χ3n) is 5.78. The average Bonchev–Trinajstić information content (AvgIpc) is 2.81. The Morgan fingerprint density at radius 1 is 1.17 bits per heavy atom. The van der Waals surface area contributed by atoms with Crippen LogP contribution in [0.25, 0.3) is 6.08 Å². The summed E-state index contributed by atoms with van der Waals surface area (Å²) in [6.07, 6.45) is 5.11. The second kappa shape index (κ2) is 12.1. The molecule has 2 aromatic carbocycles. The molecule has 36 heavy (non-hydrogen) atoms. The van der Waals surface area contributed by atoms with Crippen LogP contribution in [0.4, 0.5) is 20.6 Å². The summed E-state index contributed by atoms with van der Waals surface area (Å²) in [5, 5.41) is 0. The third kappa shape index (κ3) is 7.09. The van der Waals surface area contributed by atoms with E-state index in [4.69, 9.17) is 9.47 Å². The Kier molecular flexibility index (Phi) is 9.13. The van der Waals surface area contributed by atoms with Gasteiger partial charge in [0.15, 0.2) is 0 Å². The van der Waals surface area contributed by atoms with Gasteiger partial charge in [0.25, 0.3) is 0 Å². The van der Waals surface area contributed by atoms with Gasteiger partial charge >= 0.3 is 12.1 Å². The number of fused-ring (bicyclic) bond motifs is 1. The van der Waals surface area contributed by atoms with Crippen LogP contribution in [-0.4, -0.2) is 37.4 Å². The van der Waals surface area contributed by atoms with Crippen molar-refractivity contribution in [1.82, 2.24) is 0 Å². The first kappa shape index (κ1) is 27.2. The number of nitrogens with zero attached hydrogens (tertiary/aromatic N) is 2. The van der Waals surface area contributed by atoms with Crippen molar-refractivity contribution in [1.29, 1.82) is 0 Å². The molecule has 1 aliphatic rings. The molecule has 0 fully saturated rings. The maximum atomic E-state index is 14.9. The second-order valence-electron chi connectivity index (χ2n) is 9.88. The van der Waals surface area contributed by atoms with Crippen LogP contribution in [0.3, 0.4) is 0 Å². The summed E-state index contributed by atoms with van der Waals surface area (Å²) in [5.74, 6) is -1.01. The van der Waals surface area contributed by atoms with Crippen molar-refractivity contribution in [2.24, 2.45) is 0 Å². The van der Waals surface area contributed by atoms with Crippen LogP contribution in [0.1, 0.15) is 64.2 Å². The highest BCUT2D eigenvalue weighted by Gasteiger charge is 2.29. The summed E-state index contributed by atoms with van der Waals surface area (Å²) in [6.45, 7) is 11.6. The molecule has 1 aliphatic heterocycles. The monoisotopic (exact) mass is 496 g/mol. The van der Waals surface area contributed by atoms with Crippen LogP contribution in [0.2, 0.25) is 0 Å². The van der Waals surface area contributed by atoms with Crippen LogP contribution in [0.15, 0.2) is 42.5 Å². The highest BCUT2D eigenvalue weighted by molar-refractivity contribution is 5.93. The van der Waals surface area contributed by atoms with Gasteiger partial charge in [-0.2, -0.15) is 0 Å². The molecule has 0 saturated heterocycles. The van der Waals surface area contributed by atoms with Gasteiger partial charge in [-0.25, -0.2) is 14.0 Å². The fourth-order valence-corrected chi connectivity index (χ4v) is 4.33. The van der Waals surface area contributed by atoms with Gasteiger partial charge < -0.3 is 14.4 Å². The van der Waals surface area contributed by atoms with E-state index >= 15 is 0 Å². The van der Waals surface area contributed by atoms with Crippen LogP contribution in [0, 0.1) is 5.82 Å². The highest BCUT2D eigenvalue weighted by atomic mass is 19.1. The first-order valence-corrected chi connectivity index (χ1v) is 12.6. The minimum atomic E-state index is -0.680. The number of aryl methyl sites for hydroxylation is 1. The summed E-state index contributed by atoms with van der Waals surface area (Å²) in [6, 6.07) is 10.7. The van der Waals surface area contributed by atoms with Crippen molar-refractivity contribution >= 4 is 29.5 Å². The van der Waals surface area contributed by atoms with Crippen molar-refractivity contribution in [3.05, 3.63) is 65.0 Å². The molecular weight excluding hydrogens is 459 g/mol. The quantitative estimate of drug-likeness (QED) is 0.308. The molecule has 0 radical (unpaired) electrons. The molecule has 1 amide bonds. The summed E-state index contributed by atoms with van der Waals surface area (Å²) in [7, 11) is 0. The molecule has 0 aromatic heterocycles. The molecule has 0 N–H and O–H groups in total. The second-order valence-corrected chi connectivity index (χ2v) is 9.88. The van der Waals surface area contributed by atoms with Crippen LogP contribution < -0.4 is 9.80 Å². The van der Waals surface area contributed by atoms with Crippen LogP contribution in [-0.2, 0) is 27.2 Å². The van der Waals surface area contributed by atoms with E-state index in [9.17, 15) is 14.0 Å². The Hall–Kier alpha value is -3.35. The highest BCUT2D eigenvalue weighted by Crippen LogP contribution is 2.38. The Labute approximate surface area is 213 Å². The van der Waals surface area contributed by atoms with E-state index in [-0.39, 0.29) is 18.7 Å². The zero-order valence-electron chi connectivity index (χ0n) is 22.0. The number of amides is 1. The molecule has 0 aliphatic carbocycles. The Morgan fingerprint density at radius 2 is 1.94 bits per heavy atom.